The minimum absolute atomic E-state index is 0.121. The molecule has 0 radical (unpaired) electrons. The maximum absolute atomic E-state index is 12.0. The first-order valence-electron chi connectivity index (χ1n) is 8.49. The molecule has 7 heteroatoms. The number of ether oxygens (including phenoxy) is 1. The van der Waals surface area contributed by atoms with Crippen LogP contribution < -0.4 is 14.8 Å². The minimum atomic E-state index is -3.50. The molecule has 6 nitrogen and oxygen atoms in total. The number of benzene rings is 2. The molecule has 140 valence electrons. The molecule has 2 N–H and O–H groups in total. The standard InChI is InChI=1S/C19H24N2O4S/c1-3-13-20-26(23,24)18-11-9-17(10-12-18)25-14-19(22)21-15(2)16-7-5-4-6-8-16/h4-12,15,20H,3,13-14H2,1-2H3,(H,21,22)/t15-/m0/s1. The first-order valence-corrected chi connectivity index (χ1v) is 9.97. The van der Waals surface area contributed by atoms with Gasteiger partial charge in [-0.2, -0.15) is 0 Å². The van der Waals surface area contributed by atoms with Crippen LogP contribution in [0.25, 0.3) is 0 Å². The summed E-state index contributed by atoms with van der Waals surface area (Å²) in [7, 11) is -3.50. The third-order valence-corrected chi connectivity index (χ3v) is 5.20. The van der Waals surface area contributed by atoms with E-state index in [1.807, 2.05) is 44.2 Å². The summed E-state index contributed by atoms with van der Waals surface area (Å²) in [6.07, 6.45) is 0.719. The van der Waals surface area contributed by atoms with Gasteiger partial charge in [-0.15, -0.1) is 0 Å². The number of carbonyl (C=O) groups excluding carboxylic acids is 1. The number of rotatable bonds is 9. The van der Waals surface area contributed by atoms with Crippen LogP contribution in [0.2, 0.25) is 0 Å². The normalized spacial score (nSPS) is 12.4. The summed E-state index contributed by atoms with van der Waals surface area (Å²) in [5.41, 5.74) is 1.01. The van der Waals surface area contributed by atoms with E-state index in [2.05, 4.69) is 10.0 Å². The van der Waals surface area contributed by atoms with Crippen LogP contribution in [-0.4, -0.2) is 27.5 Å². The highest BCUT2D eigenvalue weighted by Gasteiger charge is 2.13. The van der Waals surface area contributed by atoms with Crippen LogP contribution in [0.5, 0.6) is 5.75 Å². The van der Waals surface area contributed by atoms with Crippen molar-refractivity contribution in [2.75, 3.05) is 13.2 Å². The summed E-state index contributed by atoms with van der Waals surface area (Å²) < 4.78 is 31.9. The van der Waals surface area contributed by atoms with E-state index in [1.54, 1.807) is 0 Å². The molecule has 1 amide bonds. The Balaban J connectivity index is 1.86. The van der Waals surface area contributed by atoms with E-state index >= 15 is 0 Å². The van der Waals surface area contributed by atoms with Gasteiger partial charge in [-0.25, -0.2) is 13.1 Å². The van der Waals surface area contributed by atoms with Crippen LogP contribution in [0.4, 0.5) is 0 Å². The summed E-state index contributed by atoms with van der Waals surface area (Å²) in [5.74, 6) is 0.185. The number of carbonyl (C=O) groups is 1. The average molecular weight is 376 g/mol. The predicted octanol–water partition coefficient (Wildman–Crippen LogP) is 2.63. The first-order chi connectivity index (χ1) is 12.4. The van der Waals surface area contributed by atoms with Crippen molar-refractivity contribution < 1.29 is 17.9 Å². The quantitative estimate of drug-likeness (QED) is 0.705. The van der Waals surface area contributed by atoms with Crippen molar-refractivity contribution in [2.24, 2.45) is 0 Å². The monoisotopic (exact) mass is 376 g/mol. The van der Waals surface area contributed by atoms with Gasteiger partial charge >= 0.3 is 0 Å². The molecule has 0 aliphatic rings. The highest BCUT2D eigenvalue weighted by Crippen LogP contribution is 2.16. The first kappa shape index (κ1) is 19.9. The van der Waals surface area contributed by atoms with Gasteiger partial charge in [0.2, 0.25) is 10.0 Å². The lowest BCUT2D eigenvalue weighted by Crippen LogP contribution is -2.31. The molecule has 0 unspecified atom stereocenters. The Labute approximate surface area is 154 Å². The highest BCUT2D eigenvalue weighted by atomic mass is 32.2. The molecular formula is C19H24N2O4S. The molecule has 2 rings (SSSR count). The second kappa shape index (κ2) is 9.35. The molecule has 0 aliphatic heterocycles. The molecule has 0 fully saturated rings. The van der Waals surface area contributed by atoms with Gasteiger partial charge in [-0.1, -0.05) is 37.3 Å². The van der Waals surface area contributed by atoms with Crippen molar-refractivity contribution in [1.29, 1.82) is 0 Å². The second-order valence-corrected chi connectivity index (χ2v) is 7.62. The Morgan fingerprint density at radius 3 is 2.35 bits per heavy atom. The molecule has 1 atom stereocenters. The van der Waals surface area contributed by atoms with Crippen LogP contribution in [-0.2, 0) is 14.8 Å². The van der Waals surface area contributed by atoms with Gasteiger partial charge in [-0.05, 0) is 43.2 Å². The molecule has 0 aliphatic carbocycles. The van der Waals surface area contributed by atoms with Crippen LogP contribution in [0, 0.1) is 0 Å². The van der Waals surface area contributed by atoms with E-state index < -0.39 is 10.0 Å². The topological polar surface area (TPSA) is 84.5 Å². The smallest absolute Gasteiger partial charge is 0.258 e. The number of sulfonamides is 1. The van der Waals surface area contributed by atoms with E-state index in [1.165, 1.54) is 24.3 Å². The lowest BCUT2D eigenvalue weighted by molar-refractivity contribution is -0.123. The van der Waals surface area contributed by atoms with E-state index in [0.717, 1.165) is 12.0 Å². The fourth-order valence-electron chi connectivity index (χ4n) is 2.29. The third kappa shape index (κ3) is 5.86. The molecule has 0 spiro atoms. The molecule has 2 aromatic carbocycles. The Morgan fingerprint density at radius 1 is 1.08 bits per heavy atom. The molecular weight excluding hydrogens is 352 g/mol. The van der Waals surface area contributed by atoms with Gasteiger partial charge in [0, 0.05) is 6.54 Å². The lowest BCUT2D eigenvalue weighted by atomic mass is 10.1. The van der Waals surface area contributed by atoms with E-state index in [-0.39, 0.29) is 23.5 Å². The average Bonchev–Trinajstić information content (AvgIpc) is 2.66. The predicted molar refractivity (Wildman–Crippen MR) is 100 cm³/mol. The van der Waals surface area contributed by atoms with Gasteiger partial charge < -0.3 is 10.1 Å². The van der Waals surface area contributed by atoms with Gasteiger partial charge in [0.25, 0.3) is 5.91 Å². The number of hydrogen-bond acceptors (Lipinski definition) is 4. The Bertz CT molecular complexity index is 805. The number of amides is 1. The second-order valence-electron chi connectivity index (χ2n) is 5.86. The van der Waals surface area contributed by atoms with Crippen molar-refractivity contribution in [1.82, 2.24) is 10.0 Å². The molecule has 0 aromatic heterocycles. The summed E-state index contributed by atoms with van der Waals surface area (Å²) in [5, 5.41) is 2.86. The number of nitrogens with one attached hydrogen (secondary N) is 2. The van der Waals surface area contributed by atoms with Gasteiger partial charge in [-0.3, -0.25) is 4.79 Å². The fraction of sp³-hybridized carbons (Fsp3) is 0.316. The Hall–Kier alpha value is -2.38. The minimum Gasteiger partial charge on any atom is -0.484 e. The Kier molecular flexibility index (Phi) is 7.17. The zero-order chi connectivity index (χ0) is 19.0. The van der Waals surface area contributed by atoms with E-state index in [4.69, 9.17) is 4.74 Å². The molecule has 0 saturated heterocycles. The zero-order valence-corrected chi connectivity index (χ0v) is 15.8. The Morgan fingerprint density at radius 2 is 1.73 bits per heavy atom. The van der Waals surface area contributed by atoms with Crippen molar-refractivity contribution >= 4 is 15.9 Å². The van der Waals surface area contributed by atoms with Gasteiger partial charge in [0.1, 0.15) is 5.75 Å². The summed E-state index contributed by atoms with van der Waals surface area (Å²) in [4.78, 5) is 12.2. The maximum atomic E-state index is 12.0. The molecule has 2 aromatic rings. The molecule has 0 heterocycles. The van der Waals surface area contributed by atoms with Gasteiger partial charge in [0.05, 0.1) is 10.9 Å². The van der Waals surface area contributed by atoms with Crippen LogP contribution in [0.1, 0.15) is 31.9 Å². The fourth-order valence-corrected chi connectivity index (χ4v) is 3.43. The van der Waals surface area contributed by atoms with Crippen molar-refractivity contribution in [3.63, 3.8) is 0 Å². The van der Waals surface area contributed by atoms with Crippen LogP contribution in [0.15, 0.2) is 59.5 Å². The van der Waals surface area contributed by atoms with Crippen molar-refractivity contribution in [3.8, 4) is 5.75 Å². The summed E-state index contributed by atoms with van der Waals surface area (Å²) >= 11 is 0. The maximum Gasteiger partial charge on any atom is 0.258 e. The largest absolute Gasteiger partial charge is 0.484 e. The molecule has 0 bridgehead atoms. The van der Waals surface area contributed by atoms with Crippen LogP contribution >= 0.6 is 0 Å². The van der Waals surface area contributed by atoms with Crippen molar-refractivity contribution in [3.05, 3.63) is 60.2 Å². The lowest BCUT2D eigenvalue weighted by Gasteiger charge is -2.14. The number of hydrogen-bond donors (Lipinski definition) is 2. The highest BCUT2D eigenvalue weighted by molar-refractivity contribution is 7.89. The van der Waals surface area contributed by atoms with Crippen molar-refractivity contribution in [2.45, 2.75) is 31.2 Å². The van der Waals surface area contributed by atoms with E-state index in [0.29, 0.717) is 12.3 Å². The van der Waals surface area contributed by atoms with E-state index in [9.17, 15) is 13.2 Å². The third-order valence-electron chi connectivity index (χ3n) is 3.72. The van der Waals surface area contributed by atoms with Crippen LogP contribution in [0.3, 0.4) is 0 Å². The van der Waals surface area contributed by atoms with Gasteiger partial charge in [0.15, 0.2) is 6.61 Å². The summed E-state index contributed by atoms with van der Waals surface area (Å²) in [6.45, 7) is 4.04. The zero-order valence-electron chi connectivity index (χ0n) is 14.9. The summed E-state index contributed by atoms with van der Waals surface area (Å²) in [6, 6.07) is 15.5. The SMILES string of the molecule is CCCNS(=O)(=O)c1ccc(OCC(=O)N[C@@H](C)c2ccccc2)cc1. The molecule has 26 heavy (non-hydrogen) atoms. The molecule has 0 saturated carbocycles.